The van der Waals surface area contributed by atoms with E-state index in [4.69, 9.17) is 4.74 Å². The Morgan fingerprint density at radius 3 is 2.78 bits per heavy atom. The summed E-state index contributed by atoms with van der Waals surface area (Å²) in [7, 11) is 1.32. The second-order valence-corrected chi connectivity index (χ2v) is 10.5. The van der Waals surface area contributed by atoms with Crippen molar-refractivity contribution in [3.05, 3.63) is 46.2 Å². The minimum atomic E-state index is -0.468. The van der Waals surface area contributed by atoms with Crippen LogP contribution < -0.4 is 5.32 Å². The van der Waals surface area contributed by atoms with Gasteiger partial charge in [-0.15, -0.1) is 32.9 Å². The van der Waals surface area contributed by atoms with E-state index in [0.29, 0.717) is 15.7 Å². The first-order valence-electron chi connectivity index (χ1n) is 9.92. The third kappa shape index (κ3) is 4.43. The fourth-order valence-corrected chi connectivity index (χ4v) is 6.06. The van der Waals surface area contributed by atoms with Crippen LogP contribution in [0.3, 0.4) is 0 Å². The number of esters is 1. The standard InChI is InChI=1S/C22H22N4O3S3/c1-12(2)26-19(16-10-30-17-8-6-5-7-14(16)17)24-25-22(26)31-11-18(27)23-20-15(21(28)29-4)9-13(3)32-20/h5-10,12H,11H2,1-4H3,(H,23,27). The summed E-state index contributed by atoms with van der Waals surface area (Å²) in [5.74, 6) is 0.252. The molecule has 7 nitrogen and oxygen atoms in total. The second kappa shape index (κ2) is 9.43. The summed E-state index contributed by atoms with van der Waals surface area (Å²) in [5.41, 5.74) is 1.41. The lowest BCUT2D eigenvalue weighted by Gasteiger charge is -2.13. The fraction of sp³-hybridized carbons (Fsp3) is 0.273. The van der Waals surface area contributed by atoms with Gasteiger partial charge < -0.3 is 10.1 Å². The highest BCUT2D eigenvalue weighted by atomic mass is 32.2. The van der Waals surface area contributed by atoms with E-state index in [2.05, 4.69) is 51.4 Å². The molecular weight excluding hydrogens is 464 g/mol. The average Bonchev–Trinajstić information content (AvgIpc) is 3.47. The Morgan fingerprint density at radius 1 is 1.25 bits per heavy atom. The molecule has 3 aromatic heterocycles. The number of aromatic nitrogens is 3. The number of ether oxygens (including phenoxy) is 1. The Labute approximate surface area is 197 Å². The zero-order valence-electron chi connectivity index (χ0n) is 18.0. The van der Waals surface area contributed by atoms with Crippen molar-refractivity contribution in [3.8, 4) is 11.4 Å². The number of hydrogen-bond donors (Lipinski definition) is 1. The van der Waals surface area contributed by atoms with Crippen molar-refractivity contribution < 1.29 is 14.3 Å². The number of nitrogens with one attached hydrogen (secondary N) is 1. The number of aryl methyl sites for hydroxylation is 1. The van der Waals surface area contributed by atoms with Crippen molar-refractivity contribution in [1.29, 1.82) is 0 Å². The molecule has 0 aliphatic rings. The first kappa shape index (κ1) is 22.5. The van der Waals surface area contributed by atoms with Gasteiger partial charge in [-0.25, -0.2) is 4.79 Å². The molecule has 0 radical (unpaired) electrons. The van der Waals surface area contributed by atoms with Crippen LogP contribution >= 0.6 is 34.4 Å². The van der Waals surface area contributed by atoms with Crippen LogP contribution in [0.2, 0.25) is 0 Å². The quantitative estimate of drug-likeness (QED) is 0.269. The van der Waals surface area contributed by atoms with Crippen LogP contribution in [0.15, 0.2) is 40.9 Å². The topological polar surface area (TPSA) is 86.1 Å². The number of amides is 1. The van der Waals surface area contributed by atoms with E-state index in [1.54, 1.807) is 17.4 Å². The number of rotatable bonds is 7. The summed E-state index contributed by atoms with van der Waals surface area (Å²) in [6, 6.07) is 10.1. The number of fused-ring (bicyclic) bond motifs is 1. The molecule has 0 saturated heterocycles. The van der Waals surface area contributed by atoms with Gasteiger partial charge in [0.05, 0.1) is 18.4 Å². The largest absolute Gasteiger partial charge is 0.465 e. The zero-order valence-corrected chi connectivity index (χ0v) is 20.5. The third-order valence-corrected chi connectivity index (χ3v) is 7.62. The minimum Gasteiger partial charge on any atom is -0.465 e. The lowest BCUT2D eigenvalue weighted by Crippen LogP contribution is -2.16. The van der Waals surface area contributed by atoms with Crippen molar-refractivity contribution in [1.82, 2.24) is 14.8 Å². The minimum absolute atomic E-state index is 0.120. The third-order valence-electron chi connectivity index (χ3n) is 4.75. The molecule has 166 valence electrons. The predicted octanol–water partition coefficient (Wildman–Crippen LogP) is 5.63. The van der Waals surface area contributed by atoms with Crippen molar-refractivity contribution in [2.45, 2.75) is 32.0 Å². The first-order chi connectivity index (χ1) is 15.4. The number of carbonyl (C=O) groups is 2. The van der Waals surface area contributed by atoms with E-state index in [9.17, 15) is 9.59 Å². The normalized spacial score (nSPS) is 11.3. The molecule has 4 rings (SSSR count). The molecule has 0 aliphatic carbocycles. The molecule has 10 heteroatoms. The maximum atomic E-state index is 12.6. The molecule has 32 heavy (non-hydrogen) atoms. The van der Waals surface area contributed by atoms with Gasteiger partial charge in [0.2, 0.25) is 5.91 Å². The van der Waals surface area contributed by atoms with Crippen molar-refractivity contribution in [3.63, 3.8) is 0 Å². The fourth-order valence-electron chi connectivity index (χ4n) is 3.34. The molecule has 0 atom stereocenters. The van der Waals surface area contributed by atoms with Gasteiger partial charge in [-0.3, -0.25) is 9.36 Å². The van der Waals surface area contributed by atoms with Crippen LogP contribution in [0.25, 0.3) is 21.5 Å². The van der Waals surface area contributed by atoms with Gasteiger partial charge >= 0.3 is 5.97 Å². The number of carbonyl (C=O) groups excluding carboxylic acids is 2. The second-order valence-electron chi connectivity index (χ2n) is 7.34. The molecule has 1 N–H and O–H groups in total. The summed E-state index contributed by atoms with van der Waals surface area (Å²) < 4.78 is 8.06. The monoisotopic (exact) mass is 486 g/mol. The highest BCUT2D eigenvalue weighted by Crippen LogP contribution is 2.36. The molecular formula is C22H22N4O3S3. The summed E-state index contributed by atoms with van der Waals surface area (Å²) in [5, 5.41) is 16.1. The maximum absolute atomic E-state index is 12.6. The van der Waals surface area contributed by atoms with Crippen molar-refractivity contribution >= 4 is 61.4 Å². The molecule has 0 saturated carbocycles. The van der Waals surface area contributed by atoms with Crippen molar-refractivity contribution in [2.24, 2.45) is 0 Å². The lowest BCUT2D eigenvalue weighted by atomic mass is 10.1. The summed E-state index contributed by atoms with van der Waals surface area (Å²) in [6.45, 7) is 6.02. The number of hydrogen-bond acceptors (Lipinski definition) is 8. The molecule has 0 aliphatic heterocycles. The van der Waals surface area contributed by atoms with Crippen LogP contribution in [0.5, 0.6) is 0 Å². The smallest absolute Gasteiger partial charge is 0.340 e. The van der Waals surface area contributed by atoms with E-state index in [1.807, 2.05) is 19.1 Å². The van der Waals surface area contributed by atoms with Gasteiger partial charge in [0, 0.05) is 31.9 Å². The zero-order chi connectivity index (χ0) is 22.8. The van der Waals surface area contributed by atoms with E-state index in [0.717, 1.165) is 21.7 Å². The molecule has 4 aromatic rings. The Kier molecular flexibility index (Phi) is 6.63. The Balaban J connectivity index is 1.53. The summed E-state index contributed by atoms with van der Waals surface area (Å²) in [6.07, 6.45) is 0. The van der Waals surface area contributed by atoms with E-state index >= 15 is 0 Å². The highest BCUT2D eigenvalue weighted by Gasteiger charge is 2.21. The number of nitrogens with zero attached hydrogens (tertiary/aromatic N) is 3. The van der Waals surface area contributed by atoms with Gasteiger partial charge in [-0.1, -0.05) is 30.0 Å². The van der Waals surface area contributed by atoms with Gasteiger partial charge in [-0.05, 0) is 32.9 Å². The summed E-state index contributed by atoms with van der Waals surface area (Å²) in [4.78, 5) is 25.5. The highest BCUT2D eigenvalue weighted by molar-refractivity contribution is 7.99. The SMILES string of the molecule is COC(=O)c1cc(C)sc1NC(=O)CSc1nnc(-c2csc3ccccc23)n1C(C)C. The van der Waals surface area contributed by atoms with E-state index in [-0.39, 0.29) is 17.7 Å². The van der Waals surface area contributed by atoms with Crippen molar-refractivity contribution in [2.75, 3.05) is 18.2 Å². The maximum Gasteiger partial charge on any atom is 0.340 e. The van der Waals surface area contributed by atoms with Crippen LogP contribution in [-0.4, -0.2) is 39.5 Å². The Hall–Kier alpha value is -2.69. The number of thiophene rings is 2. The molecule has 0 fully saturated rings. The first-order valence-corrected chi connectivity index (χ1v) is 12.6. The number of anilines is 1. The van der Waals surface area contributed by atoms with Gasteiger partial charge in [0.25, 0.3) is 0 Å². The summed E-state index contributed by atoms with van der Waals surface area (Å²) >= 11 is 4.34. The van der Waals surface area contributed by atoms with Gasteiger partial charge in [0.1, 0.15) is 5.00 Å². The number of thioether (sulfide) groups is 1. The molecule has 1 amide bonds. The van der Waals surface area contributed by atoms with Crippen LogP contribution in [0.4, 0.5) is 5.00 Å². The molecule has 0 spiro atoms. The molecule has 1 aromatic carbocycles. The molecule has 3 heterocycles. The number of benzene rings is 1. The van der Waals surface area contributed by atoms with E-state index in [1.165, 1.54) is 34.9 Å². The van der Waals surface area contributed by atoms with Crippen LogP contribution in [0, 0.1) is 6.92 Å². The molecule has 0 unspecified atom stereocenters. The predicted molar refractivity (Wildman–Crippen MR) is 131 cm³/mol. The molecule has 0 bridgehead atoms. The number of methoxy groups -OCH3 is 1. The van der Waals surface area contributed by atoms with Crippen LogP contribution in [0.1, 0.15) is 35.1 Å². The van der Waals surface area contributed by atoms with Crippen LogP contribution in [-0.2, 0) is 9.53 Å². The van der Waals surface area contributed by atoms with Gasteiger partial charge in [-0.2, -0.15) is 0 Å². The lowest BCUT2D eigenvalue weighted by molar-refractivity contribution is -0.113. The Bertz CT molecular complexity index is 1290. The average molecular weight is 487 g/mol. The van der Waals surface area contributed by atoms with Gasteiger partial charge in [0.15, 0.2) is 11.0 Å². The van der Waals surface area contributed by atoms with E-state index < -0.39 is 5.97 Å². The Morgan fingerprint density at radius 2 is 2.03 bits per heavy atom.